The topological polar surface area (TPSA) is 0 Å². The molecule has 0 aromatic heterocycles. The van der Waals surface area contributed by atoms with Gasteiger partial charge in [0.15, 0.2) is 0 Å². The lowest BCUT2D eigenvalue weighted by atomic mass is 9.70. The fraction of sp³-hybridized carbons (Fsp3) is 0.800. The molecule has 1 atom stereocenters. The van der Waals surface area contributed by atoms with Gasteiger partial charge in [-0.2, -0.15) is 0 Å². The van der Waals surface area contributed by atoms with Gasteiger partial charge in [-0.25, -0.2) is 0 Å². The summed E-state index contributed by atoms with van der Waals surface area (Å²) < 4.78 is 0. The highest BCUT2D eigenvalue weighted by atomic mass is 14.3. The lowest BCUT2D eigenvalue weighted by molar-refractivity contribution is 0.199. The zero-order valence-corrected chi connectivity index (χ0v) is 7.35. The molecule has 0 amide bonds. The van der Waals surface area contributed by atoms with Gasteiger partial charge in [-0.1, -0.05) is 39.3 Å². The second kappa shape index (κ2) is 2.77. The minimum Gasteiger partial charge on any atom is -0.0882 e. The van der Waals surface area contributed by atoms with E-state index in [-0.39, 0.29) is 0 Å². The van der Waals surface area contributed by atoms with Crippen LogP contribution in [0.2, 0.25) is 0 Å². The molecule has 0 unspecified atom stereocenters. The predicted octanol–water partition coefficient (Wildman–Crippen LogP) is 3.39. The van der Waals surface area contributed by atoms with Gasteiger partial charge in [0.1, 0.15) is 0 Å². The average Bonchev–Trinajstić information content (AvgIpc) is 1.87. The van der Waals surface area contributed by atoms with Crippen LogP contribution in [0.4, 0.5) is 0 Å². The minimum atomic E-state index is 0.559. The first-order valence-electron chi connectivity index (χ1n) is 4.32. The van der Waals surface area contributed by atoms with Crippen molar-refractivity contribution in [3.63, 3.8) is 0 Å². The van der Waals surface area contributed by atoms with E-state index in [0.717, 1.165) is 5.92 Å². The van der Waals surface area contributed by atoms with Gasteiger partial charge >= 0.3 is 0 Å². The van der Waals surface area contributed by atoms with E-state index in [1.165, 1.54) is 19.3 Å². The van der Waals surface area contributed by atoms with Crippen molar-refractivity contribution >= 4 is 0 Å². The summed E-state index contributed by atoms with van der Waals surface area (Å²) in [5, 5.41) is 0. The fourth-order valence-electron chi connectivity index (χ4n) is 1.85. The Bertz CT molecular complexity index is 131. The third kappa shape index (κ3) is 1.42. The van der Waals surface area contributed by atoms with Crippen molar-refractivity contribution in [1.29, 1.82) is 0 Å². The van der Waals surface area contributed by atoms with E-state index in [1.807, 2.05) is 0 Å². The van der Waals surface area contributed by atoms with Gasteiger partial charge in [-0.15, -0.1) is 0 Å². The highest BCUT2D eigenvalue weighted by Crippen LogP contribution is 2.38. The number of allylic oxidation sites excluding steroid dienone is 2. The molecular formula is C10H18. The van der Waals surface area contributed by atoms with Gasteiger partial charge in [0.25, 0.3) is 0 Å². The molecule has 0 nitrogen and oxygen atoms in total. The first-order valence-corrected chi connectivity index (χ1v) is 4.32. The van der Waals surface area contributed by atoms with Crippen LogP contribution >= 0.6 is 0 Å². The molecule has 0 aliphatic heterocycles. The minimum absolute atomic E-state index is 0.559. The molecule has 0 saturated carbocycles. The summed E-state index contributed by atoms with van der Waals surface area (Å²) >= 11 is 0. The van der Waals surface area contributed by atoms with Crippen LogP contribution < -0.4 is 0 Å². The standard InChI is InChI=1S/C10H18/c1-4-9-7-5-6-8-10(9,2)3/h5-6,9H,4,7-8H2,1-3H3/t9-/m1/s1. The summed E-state index contributed by atoms with van der Waals surface area (Å²) in [6.07, 6.45) is 8.55. The van der Waals surface area contributed by atoms with Crippen molar-refractivity contribution in [2.75, 3.05) is 0 Å². The average molecular weight is 138 g/mol. The van der Waals surface area contributed by atoms with E-state index in [4.69, 9.17) is 0 Å². The maximum absolute atomic E-state index is 2.38. The molecule has 0 heterocycles. The molecule has 1 aliphatic rings. The molecule has 0 radical (unpaired) electrons. The van der Waals surface area contributed by atoms with Gasteiger partial charge < -0.3 is 0 Å². The fourth-order valence-corrected chi connectivity index (χ4v) is 1.85. The van der Waals surface area contributed by atoms with E-state index >= 15 is 0 Å². The lowest BCUT2D eigenvalue weighted by Gasteiger charge is -2.35. The summed E-state index contributed by atoms with van der Waals surface area (Å²) in [7, 11) is 0. The lowest BCUT2D eigenvalue weighted by Crippen LogP contribution is -2.24. The van der Waals surface area contributed by atoms with Crippen LogP contribution in [0.1, 0.15) is 40.0 Å². The molecule has 1 rings (SSSR count). The Morgan fingerprint density at radius 2 is 2.10 bits per heavy atom. The zero-order valence-electron chi connectivity index (χ0n) is 7.35. The first-order chi connectivity index (χ1) is 4.67. The van der Waals surface area contributed by atoms with Crippen molar-refractivity contribution in [2.45, 2.75) is 40.0 Å². The monoisotopic (exact) mass is 138 g/mol. The molecule has 0 aromatic carbocycles. The van der Waals surface area contributed by atoms with Crippen molar-refractivity contribution in [2.24, 2.45) is 11.3 Å². The maximum Gasteiger partial charge on any atom is -0.0289 e. The SMILES string of the molecule is CC[C@@H]1CC=CCC1(C)C. The summed E-state index contributed by atoms with van der Waals surface area (Å²) in [5.74, 6) is 0.914. The van der Waals surface area contributed by atoms with E-state index in [2.05, 4.69) is 32.9 Å². The van der Waals surface area contributed by atoms with E-state index in [0.29, 0.717) is 5.41 Å². The molecule has 0 heteroatoms. The van der Waals surface area contributed by atoms with E-state index in [9.17, 15) is 0 Å². The maximum atomic E-state index is 2.38. The van der Waals surface area contributed by atoms with Crippen LogP contribution in [0.15, 0.2) is 12.2 Å². The van der Waals surface area contributed by atoms with Crippen LogP contribution in [0, 0.1) is 11.3 Å². The Morgan fingerprint density at radius 1 is 1.40 bits per heavy atom. The Balaban J connectivity index is 2.63. The molecule has 0 N–H and O–H groups in total. The second-order valence-electron chi connectivity index (χ2n) is 4.00. The first kappa shape index (κ1) is 7.84. The molecule has 10 heavy (non-hydrogen) atoms. The normalized spacial score (nSPS) is 30.5. The number of hydrogen-bond acceptors (Lipinski definition) is 0. The van der Waals surface area contributed by atoms with Crippen molar-refractivity contribution in [1.82, 2.24) is 0 Å². The molecule has 0 saturated heterocycles. The summed E-state index contributed by atoms with van der Waals surface area (Å²) in [6, 6.07) is 0. The van der Waals surface area contributed by atoms with Gasteiger partial charge in [-0.05, 0) is 24.2 Å². The third-order valence-electron chi connectivity index (χ3n) is 2.83. The quantitative estimate of drug-likeness (QED) is 0.487. The highest BCUT2D eigenvalue weighted by Gasteiger charge is 2.27. The molecule has 0 aromatic rings. The number of rotatable bonds is 1. The Morgan fingerprint density at radius 3 is 2.50 bits per heavy atom. The molecular weight excluding hydrogens is 120 g/mol. The number of hydrogen-bond donors (Lipinski definition) is 0. The molecule has 0 fully saturated rings. The zero-order chi connectivity index (χ0) is 7.61. The van der Waals surface area contributed by atoms with Crippen LogP contribution in [0.5, 0.6) is 0 Å². The molecule has 0 spiro atoms. The third-order valence-corrected chi connectivity index (χ3v) is 2.83. The van der Waals surface area contributed by atoms with E-state index in [1.54, 1.807) is 0 Å². The Hall–Kier alpha value is -0.260. The van der Waals surface area contributed by atoms with Crippen molar-refractivity contribution in [3.8, 4) is 0 Å². The smallest absolute Gasteiger partial charge is 0.0289 e. The molecule has 58 valence electrons. The van der Waals surface area contributed by atoms with Crippen LogP contribution in [-0.2, 0) is 0 Å². The van der Waals surface area contributed by atoms with Crippen LogP contribution in [0.3, 0.4) is 0 Å². The summed E-state index contributed by atoms with van der Waals surface area (Å²) in [5.41, 5.74) is 0.559. The largest absolute Gasteiger partial charge is 0.0882 e. The molecule has 0 bridgehead atoms. The highest BCUT2D eigenvalue weighted by molar-refractivity contribution is 4.98. The Kier molecular flexibility index (Phi) is 2.18. The van der Waals surface area contributed by atoms with E-state index < -0.39 is 0 Å². The summed E-state index contributed by atoms with van der Waals surface area (Å²) in [4.78, 5) is 0. The second-order valence-corrected chi connectivity index (χ2v) is 4.00. The van der Waals surface area contributed by atoms with Crippen molar-refractivity contribution in [3.05, 3.63) is 12.2 Å². The predicted molar refractivity (Wildman–Crippen MR) is 45.9 cm³/mol. The Labute approximate surface area is 64.3 Å². The van der Waals surface area contributed by atoms with Gasteiger partial charge in [0, 0.05) is 0 Å². The van der Waals surface area contributed by atoms with Gasteiger partial charge in [0.2, 0.25) is 0 Å². The van der Waals surface area contributed by atoms with Crippen LogP contribution in [-0.4, -0.2) is 0 Å². The summed E-state index contributed by atoms with van der Waals surface area (Å²) in [6.45, 7) is 7.06. The van der Waals surface area contributed by atoms with Gasteiger partial charge in [0.05, 0.1) is 0 Å². The van der Waals surface area contributed by atoms with Gasteiger partial charge in [-0.3, -0.25) is 0 Å². The van der Waals surface area contributed by atoms with Crippen molar-refractivity contribution < 1.29 is 0 Å². The molecule has 1 aliphatic carbocycles. The van der Waals surface area contributed by atoms with Crippen LogP contribution in [0.25, 0.3) is 0 Å².